The van der Waals surface area contributed by atoms with Crippen LogP contribution < -0.4 is 0 Å². The summed E-state index contributed by atoms with van der Waals surface area (Å²) in [6.45, 7) is 3.97. The zero-order valence-corrected chi connectivity index (χ0v) is 16.9. The fraction of sp³-hybridized carbons (Fsp3) is 0.609. The van der Waals surface area contributed by atoms with Gasteiger partial charge in [-0.15, -0.1) is 0 Å². The third kappa shape index (κ3) is 3.81. The molecule has 29 heavy (non-hydrogen) atoms. The van der Waals surface area contributed by atoms with Crippen LogP contribution in [-0.4, -0.2) is 61.6 Å². The summed E-state index contributed by atoms with van der Waals surface area (Å²) in [4.78, 5) is 4.68. The van der Waals surface area contributed by atoms with Gasteiger partial charge in [-0.05, 0) is 30.0 Å². The van der Waals surface area contributed by atoms with Crippen LogP contribution in [0.5, 0.6) is 5.88 Å². The Bertz CT molecular complexity index is 890. The van der Waals surface area contributed by atoms with Gasteiger partial charge < -0.3 is 23.9 Å². The van der Waals surface area contributed by atoms with E-state index in [4.69, 9.17) is 14.2 Å². The van der Waals surface area contributed by atoms with E-state index in [1.807, 2.05) is 4.57 Å². The Balaban J connectivity index is 1.60. The van der Waals surface area contributed by atoms with Crippen molar-refractivity contribution in [1.29, 1.82) is 0 Å². The fourth-order valence-electron chi connectivity index (χ4n) is 5.04. The summed E-state index contributed by atoms with van der Waals surface area (Å²) in [6.07, 6.45) is 6.47. The predicted octanol–water partition coefficient (Wildman–Crippen LogP) is 3.49. The van der Waals surface area contributed by atoms with Crippen LogP contribution in [0.1, 0.15) is 42.9 Å². The number of aromatic hydroxyl groups is 1. The fourth-order valence-corrected chi connectivity index (χ4v) is 5.04. The Labute approximate surface area is 171 Å². The van der Waals surface area contributed by atoms with Gasteiger partial charge in [-0.1, -0.05) is 31.7 Å². The molecule has 5 rings (SSSR count). The zero-order chi connectivity index (χ0) is 19.6. The average molecular weight is 399 g/mol. The zero-order valence-electron chi connectivity index (χ0n) is 16.9. The summed E-state index contributed by atoms with van der Waals surface area (Å²) in [5.74, 6) is 1.03. The van der Waals surface area contributed by atoms with Crippen molar-refractivity contribution in [1.82, 2.24) is 4.57 Å². The first-order valence-electron chi connectivity index (χ1n) is 10.9. The number of aromatic nitrogens is 1. The Kier molecular flexibility index (Phi) is 5.57. The smallest absolute Gasteiger partial charge is 0.201 e. The molecule has 1 N–H and O–H groups in total. The number of nitrogens with zero attached hydrogens (tertiary/aromatic N) is 2. The molecule has 1 saturated carbocycles. The number of ether oxygens (including phenoxy) is 3. The van der Waals surface area contributed by atoms with Crippen LogP contribution in [0, 0.1) is 5.92 Å². The molecule has 156 valence electrons. The second-order valence-corrected chi connectivity index (χ2v) is 8.46. The van der Waals surface area contributed by atoms with Gasteiger partial charge in [0, 0.05) is 5.39 Å². The molecule has 6 nitrogen and oxygen atoms in total. The van der Waals surface area contributed by atoms with Gasteiger partial charge in [-0.25, -0.2) is 0 Å². The molecule has 3 aliphatic rings. The molecule has 0 unspecified atom stereocenters. The number of benzene rings is 1. The first-order chi connectivity index (χ1) is 14.3. The quantitative estimate of drug-likeness (QED) is 0.856. The van der Waals surface area contributed by atoms with Crippen molar-refractivity contribution < 1.29 is 19.3 Å². The van der Waals surface area contributed by atoms with Crippen LogP contribution in [0.4, 0.5) is 0 Å². The average Bonchev–Trinajstić information content (AvgIpc) is 3.25. The van der Waals surface area contributed by atoms with E-state index in [0.717, 1.165) is 34.5 Å². The van der Waals surface area contributed by atoms with Gasteiger partial charge in [-0.2, -0.15) is 0 Å². The number of hydrogen-bond acceptors (Lipinski definition) is 5. The van der Waals surface area contributed by atoms with Crippen LogP contribution in [-0.2, 0) is 20.6 Å². The Morgan fingerprint density at radius 1 is 1.03 bits per heavy atom. The lowest BCUT2D eigenvalue weighted by Gasteiger charge is -2.18. The molecule has 1 aromatic carbocycles. The highest BCUT2D eigenvalue weighted by atomic mass is 16.5. The molecule has 2 fully saturated rings. The summed E-state index contributed by atoms with van der Waals surface area (Å²) in [7, 11) is 0. The maximum Gasteiger partial charge on any atom is 0.201 e. The van der Waals surface area contributed by atoms with Gasteiger partial charge in [-0.3, -0.25) is 4.99 Å². The van der Waals surface area contributed by atoms with Gasteiger partial charge >= 0.3 is 0 Å². The molecule has 1 saturated heterocycles. The van der Waals surface area contributed by atoms with Gasteiger partial charge in [0.15, 0.2) is 0 Å². The molecular formula is C23H30N2O4. The molecule has 0 radical (unpaired) electrons. The molecular weight excluding hydrogens is 368 g/mol. The SMILES string of the molecule is Oc1c(C2=NCCOC2)c2cc(CC3CCCC3)ccc2n1C1COCCOC1. The molecule has 0 bridgehead atoms. The van der Waals surface area contributed by atoms with E-state index in [2.05, 4.69) is 23.2 Å². The molecule has 0 atom stereocenters. The molecule has 1 aromatic heterocycles. The molecule has 0 amide bonds. The summed E-state index contributed by atoms with van der Waals surface area (Å²) < 4.78 is 19.1. The van der Waals surface area contributed by atoms with E-state index >= 15 is 0 Å². The van der Waals surface area contributed by atoms with Crippen molar-refractivity contribution in [2.75, 3.05) is 46.2 Å². The van der Waals surface area contributed by atoms with E-state index in [9.17, 15) is 5.11 Å². The minimum Gasteiger partial charge on any atom is -0.494 e. The van der Waals surface area contributed by atoms with E-state index < -0.39 is 0 Å². The van der Waals surface area contributed by atoms with Crippen LogP contribution in [0.15, 0.2) is 23.2 Å². The number of hydrogen-bond donors (Lipinski definition) is 1. The van der Waals surface area contributed by atoms with Crippen molar-refractivity contribution >= 4 is 16.6 Å². The number of fused-ring (bicyclic) bond motifs is 1. The lowest BCUT2D eigenvalue weighted by atomic mass is 9.96. The molecule has 2 aromatic rings. The van der Waals surface area contributed by atoms with Crippen molar-refractivity contribution in [3.8, 4) is 5.88 Å². The largest absolute Gasteiger partial charge is 0.494 e. The topological polar surface area (TPSA) is 65.2 Å². The maximum absolute atomic E-state index is 11.3. The Morgan fingerprint density at radius 2 is 1.83 bits per heavy atom. The molecule has 6 heteroatoms. The molecule has 3 heterocycles. The third-order valence-corrected chi connectivity index (χ3v) is 6.46. The maximum atomic E-state index is 11.3. The highest BCUT2D eigenvalue weighted by Crippen LogP contribution is 2.37. The predicted molar refractivity (Wildman–Crippen MR) is 112 cm³/mol. The lowest BCUT2D eigenvalue weighted by Crippen LogP contribution is -2.20. The van der Waals surface area contributed by atoms with Crippen molar-refractivity contribution in [2.24, 2.45) is 10.9 Å². The second kappa shape index (κ2) is 8.46. The van der Waals surface area contributed by atoms with E-state index in [1.54, 1.807) is 0 Å². The normalized spacial score (nSPS) is 22.1. The number of aliphatic imine (C=N–C) groups is 1. The Hall–Kier alpha value is -1.89. The van der Waals surface area contributed by atoms with Crippen LogP contribution in [0.2, 0.25) is 0 Å². The minimum absolute atomic E-state index is 0.0560. The van der Waals surface area contributed by atoms with Crippen molar-refractivity contribution in [2.45, 2.75) is 38.1 Å². The van der Waals surface area contributed by atoms with E-state index in [1.165, 1.54) is 31.2 Å². The van der Waals surface area contributed by atoms with Crippen LogP contribution >= 0.6 is 0 Å². The Morgan fingerprint density at radius 3 is 2.55 bits per heavy atom. The standard InChI is InChI=1S/C23H30N2O4/c26-23-22(20-15-27-8-7-24-20)19-12-17(11-16-3-1-2-4-16)5-6-21(19)25(23)18-13-28-9-10-29-14-18/h5-6,12,16,18,26H,1-4,7-11,13-15H2. The van der Waals surface area contributed by atoms with Crippen LogP contribution in [0.3, 0.4) is 0 Å². The lowest BCUT2D eigenvalue weighted by molar-refractivity contribution is 0.103. The molecule has 1 aliphatic carbocycles. The van der Waals surface area contributed by atoms with Crippen molar-refractivity contribution in [3.05, 3.63) is 29.3 Å². The first-order valence-corrected chi connectivity index (χ1v) is 10.9. The van der Waals surface area contributed by atoms with Gasteiger partial charge in [0.2, 0.25) is 5.88 Å². The van der Waals surface area contributed by atoms with E-state index in [-0.39, 0.29) is 11.9 Å². The van der Waals surface area contributed by atoms with E-state index in [0.29, 0.717) is 46.2 Å². The molecule has 0 spiro atoms. The van der Waals surface area contributed by atoms with Gasteiger partial charge in [0.1, 0.15) is 0 Å². The monoisotopic (exact) mass is 398 g/mol. The summed E-state index contributed by atoms with van der Waals surface area (Å²) in [5, 5.41) is 12.4. The van der Waals surface area contributed by atoms with Gasteiger partial charge in [0.05, 0.1) is 69.0 Å². The van der Waals surface area contributed by atoms with Gasteiger partial charge in [0.25, 0.3) is 0 Å². The summed E-state index contributed by atoms with van der Waals surface area (Å²) in [6, 6.07) is 6.57. The highest BCUT2D eigenvalue weighted by molar-refractivity contribution is 6.14. The third-order valence-electron chi connectivity index (χ3n) is 6.46. The molecule has 2 aliphatic heterocycles. The first kappa shape index (κ1) is 19.1. The van der Waals surface area contributed by atoms with Crippen molar-refractivity contribution in [3.63, 3.8) is 0 Å². The summed E-state index contributed by atoms with van der Waals surface area (Å²) in [5.41, 5.74) is 4.01. The summed E-state index contributed by atoms with van der Waals surface area (Å²) >= 11 is 0. The minimum atomic E-state index is -0.0560. The number of rotatable bonds is 4. The second-order valence-electron chi connectivity index (χ2n) is 8.46. The van der Waals surface area contributed by atoms with Crippen LogP contribution in [0.25, 0.3) is 10.9 Å². The highest BCUT2D eigenvalue weighted by Gasteiger charge is 2.28.